The molecule has 0 amide bonds. The van der Waals surface area contributed by atoms with Gasteiger partial charge in [-0.1, -0.05) is 39.2 Å². The van der Waals surface area contributed by atoms with Crippen molar-refractivity contribution in [2.75, 3.05) is 11.4 Å². The van der Waals surface area contributed by atoms with Crippen LogP contribution in [0.2, 0.25) is 0 Å². The van der Waals surface area contributed by atoms with E-state index in [0.29, 0.717) is 23.6 Å². The molecule has 0 N–H and O–H groups in total. The number of hydrogen-bond acceptors (Lipinski definition) is 4. The molecule has 3 aromatic rings. The number of aryl methyl sites for hydroxylation is 3. The van der Waals surface area contributed by atoms with Crippen LogP contribution in [0.5, 0.6) is 0 Å². The molecule has 1 atom stereocenters. The monoisotopic (exact) mass is 423 g/mol. The Kier molecular flexibility index (Phi) is 5.77. The van der Waals surface area contributed by atoms with Crippen LogP contribution in [0.15, 0.2) is 27.8 Å². The van der Waals surface area contributed by atoms with Crippen LogP contribution in [0.4, 0.5) is 11.6 Å². The average molecular weight is 424 g/mol. The first-order chi connectivity index (χ1) is 14.8. The quantitative estimate of drug-likeness (QED) is 0.565. The van der Waals surface area contributed by atoms with Crippen molar-refractivity contribution in [2.24, 2.45) is 13.0 Å². The van der Waals surface area contributed by atoms with Gasteiger partial charge in [0.25, 0.3) is 5.56 Å². The Morgan fingerprint density at radius 2 is 1.74 bits per heavy atom. The van der Waals surface area contributed by atoms with Crippen molar-refractivity contribution in [1.29, 1.82) is 0 Å². The third-order valence-electron chi connectivity index (χ3n) is 6.20. The first-order valence-electron chi connectivity index (χ1n) is 11.4. The molecule has 31 heavy (non-hydrogen) atoms. The third kappa shape index (κ3) is 3.82. The number of hydrogen-bond donors (Lipinski definition) is 0. The first-order valence-corrected chi connectivity index (χ1v) is 11.4. The Bertz CT molecular complexity index is 1210. The van der Waals surface area contributed by atoms with E-state index in [1.165, 1.54) is 20.3 Å². The van der Waals surface area contributed by atoms with E-state index < -0.39 is 0 Å². The number of rotatable bonds is 6. The van der Waals surface area contributed by atoms with Crippen LogP contribution in [0.25, 0.3) is 11.2 Å². The van der Waals surface area contributed by atoms with E-state index in [1.807, 2.05) is 4.57 Å². The van der Waals surface area contributed by atoms with Gasteiger partial charge in [0.05, 0.1) is 0 Å². The fourth-order valence-electron chi connectivity index (χ4n) is 4.72. The fourth-order valence-corrected chi connectivity index (χ4v) is 4.72. The van der Waals surface area contributed by atoms with Gasteiger partial charge in [0, 0.05) is 32.4 Å². The molecular weight excluding hydrogens is 390 g/mol. The molecule has 0 saturated heterocycles. The Labute approximate surface area is 182 Å². The predicted molar refractivity (Wildman–Crippen MR) is 125 cm³/mol. The third-order valence-corrected chi connectivity index (χ3v) is 6.20. The molecule has 0 unspecified atom stereocenters. The van der Waals surface area contributed by atoms with Crippen molar-refractivity contribution in [3.05, 3.63) is 50.2 Å². The van der Waals surface area contributed by atoms with Crippen LogP contribution in [-0.4, -0.2) is 25.2 Å². The maximum Gasteiger partial charge on any atom is 0.332 e. The number of anilines is 2. The lowest BCUT2D eigenvalue weighted by Gasteiger charge is -2.33. The van der Waals surface area contributed by atoms with Gasteiger partial charge in [-0.05, 0) is 49.4 Å². The molecule has 3 heterocycles. The normalized spacial score (nSPS) is 16.2. The zero-order valence-corrected chi connectivity index (χ0v) is 19.3. The summed E-state index contributed by atoms with van der Waals surface area (Å²) in [6, 6.07) is 6.46. The van der Waals surface area contributed by atoms with Gasteiger partial charge < -0.3 is 9.47 Å². The molecule has 1 aliphatic heterocycles. The molecule has 0 saturated carbocycles. The minimum Gasteiger partial charge on any atom is -0.312 e. The van der Waals surface area contributed by atoms with Crippen LogP contribution in [0.3, 0.4) is 0 Å². The van der Waals surface area contributed by atoms with Crippen molar-refractivity contribution < 1.29 is 0 Å². The molecule has 4 rings (SSSR count). The Morgan fingerprint density at radius 3 is 2.42 bits per heavy atom. The van der Waals surface area contributed by atoms with Gasteiger partial charge in [0.15, 0.2) is 11.2 Å². The summed E-state index contributed by atoms with van der Waals surface area (Å²) in [7, 11) is 1.72. The number of nitrogens with zero attached hydrogens (tertiary/aromatic N) is 5. The van der Waals surface area contributed by atoms with E-state index in [4.69, 9.17) is 4.98 Å². The summed E-state index contributed by atoms with van der Waals surface area (Å²) >= 11 is 0. The molecule has 2 aromatic heterocycles. The maximum atomic E-state index is 13.4. The molecule has 0 aliphatic carbocycles. The van der Waals surface area contributed by atoms with Gasteiger partial charge in [0.1, 0.15) is 0 Å². The second kappa shape index (κ2) is 8.36. The van der Waals surface area contributed by atoms with Crippen LogP contribution in [-0.2, 0) is 20.1 Å². The predicted octanol–water partition coefficient (Wildman–Crippen LogP) is 3.88. The van der Waals surface area contributed by atoms with Crippen molar-refractivity contribution in [1.82, 2.24) is 18.7 Å². The van der Waals surface area contributed by atoms with Gasteiger partial charge in [-0.3, -0.25) is 13.9 Å². The lowest BCUT2D eigenvalue weighted by molar-refractivity contribution is 0.457. The molecule has 166 valence electrons. The van der Waals surface area contributed by atoms with Gasteiger partial charge in [-0.25, -0.2) is 4.79 Å². The first kappa shape index (κ1) is 21.4. The maximum absolute atomic E-state index is 13.4. The van der Waals surface area contributed by atoms with Crippen LogP contribution >= 0.6 is 0 Å². The Balaban J connectivity index is 1.88. The Morgan fingerprint density at radius 1 is 1.03 bits per heavy atom. The van der Waals surface area contributed by atoms with E-state index in [0.717, 1.165) is 50.4 Å². The lowest BCUT2D eigenvalue weighted by Crippen LogP contribution is -2.40. The topological polar surface area (TPSA) is 65.1 Å². The van der Waals surface area contributed by atoms with Crippen LogP contribution < -0.4 is 16.1 Å². The summed E-state index contributed by atoms with van der Waals surface area (Å²) < 4.78 is 4.95. The van der Waals surface area contributed by atoms with Gasteiger partial charge in [-0.2, -0.15) is 4.98 Å². The summed E-state index contributed by atoms with van der Waals surface area (Å²) in [5, 5.41) is 0. The summed E-state index contributed by atoms with van der Waals surface area (Å²) in [5.41, 5.74) is 3.96. The molecular formula is C24H33N5O2. The van der Waals surface area contributed by atoms with E-state index in [9.17, 15) is 9.59 Å². The highest BCUT2D eigenvalue weighted by Gasteiger charge is 2.30. The SMILES string of the molecule is CCCCCCn1c(=O)c2c(nc3n2C[C@@H](C)CN3c2cc(C)cc(C)c2)n(C)c1=O. The lowest BCUT2D eigenvalue weighted by atomic mass is 10.1. The minimum absolute atomic E-state index is 0.220. The van der Waals surface area contributed by atoms with Crippen molar-refractivity contribution >= 4 is 22.8 Å². The highest BCUT2D eigenvalue weighted by molar-refractivity contribution is 5.77. The number of unbranched alkanes of at least 4 members (excludes halogenated alkanes) is 3. The minimum atomic E-state index is -0.282. The molecule has 0 spiro atoms. The molecule has 7 nitrogen and oxygen atoms in total. The Hall–Kier alpha value is -2.83. The van der Waals surface area contributed by atoms with E-state index in [-0.39, 0.29) is 11.2 Å². The number of imidazole rings is 1. The van der Waals surface area contributed by atoms with Crippen LogP contribution in [0.1, 0.15) is 50.7 Å². The molecule has 1 aromatic carbocycles. The summed E-state index contributed by atoms with van der Waals surface area (Å²) in [6.45, 7) is 10.5. The number of fused-ring (bicyclic) bond motifs is 3. The van der Waals surface area contributed by atoms with Crippen molar-refractivity contribution in [3.8, 4) is 0 Å². The number of benzene rings is 1. The second-order valence-corrected chi connectivity index (χ2v) is 9.12. The van der Waals surface area contributed by atoms with Gasteiger partial charge in [0.2, 0.25) is 5.95 Å². The van der Waals surface area contributed by atoms with Gasteiger partial charge >= 0.3 is 5.69 Å². The van der Waals surface area contributed by atoms with Crippen molar-refractivity contribution in [3.63, 3.8) is 0 Å². The molecule has 7 heteroatoms. The molecule has 0 radical (unpaired) electrons. The second-order valence-electron chi connectivity index (χ2n) is 9.12. The standard InChI is InChI=1S/C24H33N5O2/c1-6-7-8-9-10-27-22(30)20-21(26(5)24(27)31)25-23-28(14-18(4)15-29(20)23)19-12-16(2)11-17(3)13-19/h11-13,18H,6-10,14-15H2,1-5H3/t18-/m0/s1. The smallest absolute Gasteiger partial charge is 0.312 e. The highest BCUT2D eigenvalue weighted by atomic mass is 16.2. The zero-order chi connectivity index (χ0) is 22.3. The van der Waals surface area contributed by atoms with E-state index in [1.54, 1.807) is 7.05 Å². The van der Waals surface area contributed by atoms with Crippen LogP contribution in [0, 0.1) is 19.8 Å². The molecule has 0 fully saturated rings. The zero-order valence-electron chi connectivity index (χ0n) is 19.3. The fraction of sp³-hybridized carbons (Fsp3) is 0.542. The molecule has 0 bridgehead atoms. The van der Waals surface area contributed by atoms with E-state index >= 15 is 0 Å². The highest BCUT2D eigenvalue weighted by Crippen LogP contribution is 2.33. The molecule has 1 aliphatic rings. The van der Waals surface area contributed by atoms with Gasteiger partial charge in [-0.15, -0.1) is 0 Å². The van der Waals surface area contributed by atoms with Crippen molar-refractivity contribution in [2.45, 2.75) is 66.5 Å². The average Bonchev–Trinajstić information content (AvgIpc) is 3.10. The summed E-state index contributed by atoms with van der Waals surface area (Å²) in [6.07, 6.45) is 4.09. The number of aromatic nitrogens is 4. The largest absolute Gasteiger partial charge is 0.332 e. The summed E-state index contributed by atoms with van der Waals surface area (Å²) in [5.74, 6) is 1.09. The summed E-state index contributed by atoms with van der Waals surface area (Å²) in [4.78, 5) is 33.4. The van der Waals surface area contributed by atoms with E-state index in [2.05, 4.69) is 50.8 Å².